The van der Waals surface area contributed by atoms with Crippen molar-refractivity contribution in [1.82, 2.24) is 10.2 Å². The molecule has 1 amide bonds. The van der Waals surface area contributed by atoms with Crippen LogP contribution in [0.1, 0.15) is 51.9 Å². The predicted octanol–water partition coefficient (Wildman–Crippen LogP) is 1.62. The van der Waals surface area contributed by atoms with Crippen molar-refractivity contribution in [2.24, 2.45) is 5.92 Å². The Balaban J connectivity index is 1.77. The molecule has 5 heteroatoms. The van der Waals surface area contributed by atoms with Crippen LogP contribution < -0.4 is 5.32 Å². The van der Waals surface area contributed by atoms with Gasteiger partial charge in [-0.05, 0) is 45.7 Å². The Kier molecular flexibility index (Phi) is 5.40. The first-order valence-corrected chi connectivity index (χ1v) is 7.85. The van der Waals surface area contributed by atoms with E-state index in [4.69, 9.17) is 5.11 Å². The summed E-state index contributed by atoms with van der Waals surface area (Å²) in [5, 5.41) is 12.1. The zero-order valence-electron chi connectivity index (χ0n) is 12.3. The third-order valence-electron chi connectivity index (χ3n) is 4.76. The number of aliphatic carboxylic acids is 1. The van der Waals surface area contributed by atoms with Crippen molar-refractivity contribution in [2.45, 2.75) is 64.0 Å². The third-order valence-corrected chi connectivity index (χ3v) is 4.76. The van der Waals surface area contributed by atoms with Crippen molar-refractivity contribution < 1.29 is 14.7 Å². The molecule has 0 aromatic rings. The maximum absolute atomic E-state index is 12.3. The molecule has 1 saturated heterocycles. The van der Waals surface area contributed by atoms with E-state index >= 15 is 0 Å². The van der Waals surface area contributed by atoms with Crippen LogP contribution in [0.4, 0.5) is 0 Å². The van der Waals surface area contributed by atoms with Gasteiger partial charge in [-0.1, -0.05) is 19.3 Å². The number of hydrogen-bond acceptors (Lipinski definition) is 3. The standard InChI is InChI=1S/C15H26N2O3/c1-11(14(18)16-13-5-3-2-4-6-13)17-9-7-12(8-10-17)15(19)20/h11-13H,2-10H2,1H3,(H,16,18)(H,19,20). The lowest BCUT2D eigenvalue weighted by Gasteiger charge is -2.35. The van der Waals surface area contributed by atoms with Crippen molar-refractivity contribution in [1.29, 1.82) is 0 Å². The van der Waals surface area contributed by atoms with E-state index in [1.165, 1.54) is 19.3 Å². The maximum Gasteiger partial charge on any atom is 0.306 e. The Bertz CT molecular complexity index is 345. The highest BCUT2D eigenvalue weighted by Gasteiger charge is 2.30. The van der Waals surface area contributed by atoms with Gasteiger partial charge in [0.2, 0.25) is 5.91 Å². The minimum absolute atomic E-state index is 0.102. The zero-order chi connectivity index (χ0) is 14.5. The fourth-order valence-corrected chi connectivity index (χ4v) is 3.27. The summed E-state index contributed by atoms with van der Waals surface area (Å²) >= 11 is 0. The zero-order valence-corrected chi connectivity index (χ0v) is 12.3. The number of carbonyl (C=O) groups excluding carboxylic acids is 1. The number of amides is 1. The largest absolute Gasteiger partial charge is 0.481 e. The first-order valence-electron chi connectivity index (χ1n) is 7.85. The van der Waals surface area contributed by atoms with Crippen LogP contribution >= 0.6 is 0 Å². The molecule has 1 unspecified atom stereocenters. The lowest BCUT2D eigenvalue weighted by Crippen LogP contribution is -2.51. The van der Waals surface area contributed by atoms with E-state index in [1.807, 2.05) is 6.92 Å². The highest BCUT2D eigenvalue weighted by Crippen LogP contribution is 2.20. The molecule has 114 valence electrons. The van der Waals surface area contributed by atoms with Crippen molar-refractivity contribution in [3.63, 3.8) is 0 Å². The van der Waals surface area contributed by atoms with Gasteiger partial charge in [-0.2, -0.15) is 0 Å². The van der Waals surface area contributed by atoms with Crippen molar-refractivity contribution in [2.75, 3.05) is 13.1 Å². The van der Waals surface area contributed by atoms with E-state index in [-0.39, 0.29) is 17.9 Å². The van der Waals surface area contributed by atoms with Crippen LogP contribution in [0, 0.1) is 5.92 Å². The second-order valence-corrected chi connectivity index (χ2v) is 6.17. The van der Waals surface area contributed by atoms with Gasteiger partial charge >= 0.3 is 5.97 Å². The number of hydrogen-bond donors (Lipinski definition) is 2. The molecule has 0 bridgehead atoms. The molecule has 1 heterocycles. The SMILES string of the molecule is CC(C(=O)NC1CCCCC1)N1CCC(C(=O)O)CC1. The Morgan fingerprint density at radius 3 is 2.25 bits per heavy atom. The Hall–Kier alpha value is -1.10. The number of rotatable bonds is 4. The van der Waals surface area contributed by atoms with Crippen molar-refractivity contribution in [3.8, 4) is 0 Å². The van der Waals surface area contributed by atoms with Crippen LogP contribution in [0.25, 0.3) is 0 Å². The highest BCUT2D eigenvalue weighted by molar-refractivity contribution is 5.81. The number of nitrogens with one attached hydrogen (secondary N) is 1. The molecule has 0 radical (unpaired) electrons. The number of carboxylic acid groups (broad SMARTS) is 1. The molecule has 2 fully saturated rings. The molecule has 0 aromatic carbocycles. The second kappa shape index (κ2) is 7.07. The number of carbonyl (C=O) groups is 2. The molecular formula is C15H26N2O3. The molecule has 2 aliphatic rings. The van der Waals surface area contributed by atoms with Crippen LogP contribution in [0.3, 0.4) is 0 Å². The Labute approximate surface area is 120 Å². The van der Waals surface area contributed by atoms with Gasteiger partial charge in [-0.3, -0.25) is 14.5 Å². The van der Waals surface area contributed by atoms with Crippen LogP contribution in [0.5, 0.6) is 0 Å². The number of nitrogens with zero attached hydrogens (tertiary/aromatic N) is 1. The second-order valence-electron chi connectivity index (χ2n) is 6.17. The number of carboxylic acids is 1. The molecule has 2 N–H and O–H groups in total. The van der Waals surface area contributed by atoms with E-state index in [9.17, 15) is 9.59 Å². The van der Waals surface area contributed by atoms with Gasteiger partial charge in [0.15, 0.2) is 0 Å². The van der Waals surface area contributed by atoms with Gasteiger partial charge in [0, 0.05) is 6.04 Å². The summed E-state index contributed by atoms with van der Waals surface area (Å²) in [7, 11) is 0. The molecule has 1 aliphatic carbocycles. The molecule has 1 atom stereocenters. The molecule has 20 heavy (non-hydrogen) atoms. The first-order chi connectivity index (χ1) is 9.58. The average Bonchev–Trinajstić information content (AvgIpc) is 2.47. The smallest absolute Gasteiger partial charge is 0.306 e. The third kappa shape index (κ3) is 3.95. The average molecular weight is 282 g/mol. The summed E-state index contributed by atoms with van der Waals surface area (Å²) in [6, 6.07) is 0.196. The van der Waals surface area contributed by atoms with Crippen LogP contribution in [0.15, 0.2) is 0 Å². The van der Waals surface area contributed by atoms with Crippen LogP contribution in [0.2, 0.25) is 0 Å². The highest BCUT2D eigenvalue weighted by atomic mass is 16.4. The van der Waals surface area contributed by atoms with Crippen molar-refractivity contribution >= 4 is 11.9 Å². The number of likely N-dealkylation sites (tertiary alicyclic amines) is 1. The van der Waals surface area contributed by atoms with Crippen LogP contribution in [-0.4, -0.2) is 47.1 Å². The summed E-state index contributed by atoms with van der Waals surface area (Å²) in [5.74, 6) is -0.838. The van der Waals surface area contributed by atoms with E-state index in [0.717, 1.165) is 12.8 Å². The van der Waals surface area contributed by atoms with Crippen LogP contribution in [-0.2, 0) is 9.59 Å². The first kappa shape index (κ1) is 15.3. The topological polar surface area (TPSA) is 69.6 Å². The molecule has 1 aliphatic heterocycles. The molecule has 0 aromatic heterocycles. The monoisotopic (exact) mass is 282 g/mol. The van der Waals surface area contributed by atoms with Gasteiger partial charge in [-0.25, -0.2) is 0 Å². The molecule has 2 rings (SSSR count). The normalized spacial score (nSPS) is 24.2. The molecule has 0 spiro atoms. The lowest BCUT2D eigenvalue weighted by atomic mass is 9.94. The fourth-order valence-electron chi connectivity index (χ4n) is 3.27. The van der Waals surface area contributed by atoms with Gasteiger partial charge < -0.3 is 10.4 Å². The predicted molar refractivity (Wildman–Crippen MR) is 76.4 cm³/mol. The van der Waals surface area contributed by atoms with Crippen molar-refractivity contribution in [3.05, 3.63) is 0 Å². The van der Waals surface area contributed by atoms with E-state index in [1.54, 1.807) is 0 Å². The van der Waals surface area contributed by atoms with E-state index in [2.05, 4.69) is 10.2 Å². The van der Waals surface area contributed by atoms with Gasteiger partial charge in [0.25, 0.3) is 0 Å². The molecule has 5 nitrogen and oxygen atoms in total. The fraction of sp³-hybridized carbons (Fsp3) is 0.867. The summed E-state index contributed by atoms with van der Waals surface area (Å²) in [5.41, 5.74) is 0. The molecule has 1 saturated carbocycles. The minimum Gasteiger partial charge on any atom is -0.481 e. The Morgan fingerprint density at radius 1 is 1.10 bits per heavy atom. The maximum atomic E-state index is 12.3. The quantitative estimate of drug-likeness (QED) is 0.822. The van der Waals surface area contributed by atoms with Gasteiger partial charge in [0.05, 0.1) is 12.0 Å². The molecular weight excluding hydrogens is 256 g/mol. The summed E-state index contributed by atoms with van der Waals surface area (Å²) in [4.78, 5) is 25.3. The number of piperidine rings is 1. The summed E-state index contributed by atoms with van der Waals surface area (Å²) in [6.07, 6.45) is 7.20. The Morgan fingerprint density at radius 2 is 1.70 bits per heavy atom. The van der Waals surface area contributed by atoms with Gasteiger partial charge in [0.1, 0.15) is 0 Å². The summed E-state index contributed by atoms with van der Waals surface area (Å²) in [6.45, 7) is 3.34. The van der Waals surface area contributed by atoms with E-state index < -0.39 is 5.97 Å². The summed E-state index contributed by atoms with van der Waals surface area (Å²) < 4.78 is 0. The lowest BCUT2D eigenvalue weighted by molar-refractivity contribution is -0.143. The van der Waals surface area contributed by atoms with E-state index in [0.29, 0.717) is 32.0 Å². The minimum atomic E-state index is -0.705. The van der Waals surface area contributed by atoms with Gasteiger partial charge in [-0.15, -0.1) is 0 Å².